The van der Waals surface area contributed by atoms with Crippen LogP contribution in [0, 0.1) is 5.92 Å². The first kappa shape index (κ1) is 18.5. The molecule has 1 amide bonds. The minimum Gasteiger partial charge on any atom is -0.342 e. The van der Waals surface area contributed by atoms with Gasteiger partial charge in [-0.3, -0.25) is 9.78 Å². The zero-order chi connectivity index (χ0) is 18.5. The molecule has 0 fully saturated rings. The average Bonchev–Trinajstić information content (AvgIpc) is 2.94. The highest BCUT2D eigenvalue weighted by Gasteiger charge is 2.23. The molecular formula is C19H28N6O. The zero-order valence-electron chi connectivity index (χ0n) is 15.9. The third-order valence-corrected chi connectivity index (χ3v) is 4.83. The number of amides is 1. The Morgan fingerprint density at radius 1 is 1.23 bits per heavy atom. The molecule has 3 heterocycles. The molecule has 1 unspecified atom stereocenters. The van der Waals surface area contributed by atoms with E-state index < -0.39 is 0 Å². The van der Waals surface area contributed by atoms with Crippen LogP contribution in [0.25, 0.3) is 0 Å². The van der Waals surface area contributed by atoms with E-state index in [9.17, 15) is 4.79 Å². The molecule has 1 N–H and O–H groups in total. The Morgan fingerprint density at radius 2 is 2.08 bits per heavy atom. The molecule has 7 nitrogen and oxygen atoms in total. The molecular weight excluding hydrogens is 328 g/mol. The molecule has 7 heteroatoms. The monoisotopic (exact) mass is 356 g/mol. The highest BCUT2D eigenvalue weighted by atomic mass is 16.1. The highest BCUT2D eigenvalue weighted by Crippen LogP contribution is 2.16. The van der Waals surface area contributed by atoms with Crippen LogP contribution in [0.5, 0.6) is 0 Å². The van der Waals surface area contributed by atoms with Crippen molar-refractivity contribution in [2.75, 3.05) is 19.6 Å². The second-order valence-electron chi connectivity index (χ2n) is 7.34. The number of nitrogens with one attached hydrogen (secondary N) is 1. The molecule has 26 heavy (non-hydrogen) atoms. The number of carbonyl (C=O) groups is 1. The third-order valence-electron chi connectivity index (χ3n) is 4.83. The van der Waals surface area contributed by atoms with Gasteiger partial charge in [-0.15, -0.1) is 10.2 Å². The lowest BCUT2D eigenvalue weighted by atomic mass is 10.1. The SMILES string of the molecule is CC(C)CCN1CCc2nnc(C(C)NC(=O)c3cccnc3)n2CC1. The number of pyridine rings is 1. The maximum absolute atomic E-state index is 12.4. The first-order valence-electron chi connectivity index (χ1n) is 9.40. The molecule has 140 valence electrons. The first-order valence-corrected chi connectivity index (χ1v) is 9.40. The lowest BCUT2D eigenvalue weighted by Gasteiger charge is -2.21. The topological polar surface area (TPSA) is 75.9 Å². The largest absolute Gasteiger partial charge is 0.342 e. The summed E-state index contributed by atoms with van der Waals surface area (Å²) in [4.78, 5) is 18.9. The van der Waals surface area contributed by atoms with Gasteiger partial charge in [0.25, 0.3) is 5.91 Å². The standard InChI is InChI=1S/C19H28N6O/c1-14(2)6-9-24-10-7-17-22-23-18(25(17)12-11-24)15(3)21-19(26)16-5-4-8-20-13-16/h4-5,8,13-15H,6-7,9-12H2,1-3H3,(H,21,26). The van der Waals surface area contributed by atoms with Gasteiger partial charge in [-0.1, -0.05) is 13.8 Å². The van der Waals surface area contributed by atoms with Gasteiger partial charge in [-0.05, 0) is 37.9 Å². The summed E-state index contributed by atoms with van der Waals surface area (Å²) in [7, 11) is 0. The Morgan fingerprint density at radius 3 is 2.81 bits per heavy atom. The van der Waals surface area contributed by atoms with Crippen molar-refractivity contribution in [1.29, 1.82) is 0 Å². The second kappa shape index (κ2) is 8.40. The quantitative estimate of drug-likeness (QED) is 0.857. The Kier molecular flexibility index (Phi) is 5.98. The molecule has 0 aromatic carbocycles. The van der Waals surface area contributed by atoms with Gasteiger partial charge >= 0.3 is 0 Å². The number of carbonyl (C=O) groups excluding carboxylic acids is 1. The maximum Gasteiger partial charge on any atom is 0.253 e. The molecule has 0 spiro atoms. The van der Waals surface area contributed by atoms with Crippen molar-refractivity contribution < 1.29 is 4.79 Å². The van der Waals surface area contributed by atoms with Crippen LogP contribution in [-0.4, -0.2) is 50.2 Å². The van der Waals surface area contributed by atoms with Gasteiger partial charge in [0.2, 0.25) is 0 Å². The van der Waals surface area contributed by atoms with Gasteiger partial charge < -0.3 is 14.8 Å². The molecule has 0 bridgehead atoms. The zero-order valence-corrected chi connectivity index (χ0v) is 15.9. The van der Waals surface area contributed by atoms with E-state index in [4.69, 9.17) is 0 Å². The molecule has 0 aliphatic carbocycles. The first-order chi connectivity index (χ1) is 12.5. The lowest BCUT2D eigenvalue weighted by molar-refractivity contribution is 0.0937. The summed E-state index contributed by atoms with van der Waals surface area (Å²) in [6.07, 6.45) is 5.34. The van der Waals surface area contributed by atoms with Gasteiger partial charge in [0.15, 0.2) is 5.82 Å². The van der Waals surface area contributed by atoms with E-state index >= 15 is 0 Å². The van der Waals surface area contributed by atoms with Crippen molar-refractivity contribution in [3.8, 4) is 0 Å². The third kappa shape index (κ3) is 4.46. The highest BCUT2D eigenvalue weighted by molar-refractivity contribution is 5.93. The Hall–Kier alpha value is -2.28. The van der Waals surface area contributed by atoms with Crippen LogP contribution in [0.4, 0.5) is 0 Å². The average molecular weight is 356 g/mol. The summed E-state index contributed by atoms with van der Waals surface area (Å²) in [6, 6.07) is 3.31. The maximum atomic E-state index is 12.4. The van der Waals surface area contributed by atoms with Gasteiger partial charge in [0.05, 0.1) is 11.6 Å². The predicted octanol–water partition coefficient (Wildman–Crippen LogP) is 2.07. The summed E-state index contributed by atoms with van der Waals surface area (Å²) in [6.45, 7) is 10.5. The Bertz CT molecular complexity index is 727. The molecule has 0 radical (unpaired) electrons. The summed E-state index contributed by atoms with van der Waals surface area (Å²) in [5.41, 5.74) is 0.551. The van der Waals surface area contributed by atoms with Gasteiger partial charge in [-0.25, -0.2) is 0 Å². The van der Waals surface area contributed by atoms with Crippen molar-refractivity contribution in [3.05, 3.63) is 41.7 Å². The summed E-state index contributed by atoms with van der Waals surface area (Å²) >= 11 is 0. The molecule has 2 aromatic rings. The summed E-state index contributed by atoms with van der Waals surface area (Å²) < 4.78 is 2.17. The van der Waals surface area contributed by atoms with Crippen molar-refractivity contribution in [1.82, 2.24) is 30.0 Å². The van der Waals surface area contributed by atoms with Crippen molar-refractivity contribution in [3.63, 3.8) is 0 Å². The van der Waals surface area contributed by atoms with Crippen LogP contribution >= 0.6 is 0 Å². The van der Waals surface area contributed by atoms with E-state index in [1.165, 1.54) is 6.42 Å². The normalized spacial score (nSPS) is 16.2. The van der Waals surface area contributed by atoms with Crippen LogP contribution in [0.3, 0.4) is 0 Å². The van der Waals surface area contributed by atoms with Gasteiger partial charge in [0, 0.05) is 38.4 Å². The van der Waals surface area contributed by atoms with E-state index in [2.05, 4.69) is 43.8 Å². The number of fused-ring (bicyclic) bond motifs is 1. The number of hydrogen-bond donors (Lipinski definition) is 1. The molecule has 0 saturated heterocycles. The lowest BCUT2D eigenvalue weighted by Crippen LogP contribution is -2.31. The fraction of sp³-hybridized carbons (Fsp3) is 0.579. The number of rotatable bonds is 6. The van der Waals surface area contributed by atoms with Crippen molar-refractivity contribution in [2.45, 2.75) is 46.2 Å². The number of nitrogens with zero attached hydrogens (tertiary/aromatic N) is 5. The molecule has 1 aliphatic rings. The minimum atomic E-state index is -0.203. The van der Waals surface area contributed by atoms with Crippen LogP contribution in [0.1, 0.15) is 55.2 Å². The summed E-state index contributed by atoms with van der Waals surface area (Å²) in [5, 5.41) is 11.7. The number of aromatic nitrogens is 4. The van der Waals surface area contributed by atoms with Gasteiger partial charge in [-0.2, -0.15) is 0 Å². The Labute approximate surface area is 154 Å². The van der Waals surface area contributed by atoms with Gasteiger partial charge in [0.1, 0.15) is 5.82 Å². The minimum absolute atomic E-state index is 0.143. The second-order valence-corrected chi connectivity index (χ2v) is 7.34. The van der Waals surface area contributed by atoms with E-state index in [0.717, 1.165) is 50.2 Å². The molecule has 3 rings (SSSR count). The van der Waals surface area contributed by atoms with Crippen molar-refractivity contribution in [2.24, 2.45) is 5.92 Å². The Balaban J connectivity index is 1.64. The molecule has 0 saturated carbocycles. The smallest absolute Gasteiger partial charge is 0.253 e. The van der Waals surface area contributed by atoms with Crippen LogP contribution < -0.4 is 5.32 Å². The summed E-state index contributed by atoms with van der Waals surface area (Å²) in [5.74, 6) is 2.41. The van der Waals surface area contributed by atoms with E-state index in [0.29, 0.717) is 5.56 Å². The van der Waals surface area contributed by atoms with Crippen LogP contribution in [0.15, 0.2) is 24.5 Å². The van der Waals surface area contributed by atoms with Crippen LogP contribution in [0.2, 0.25) is 0 Å². The van der Waals surface area contributed by atoms with E-state index in [1.807, 2.05) is 6.92 Å². The number of hydrogen-bond acceptors (Lipinski definition) is 5. The molecule has 1 atom stereocenters. The van der Waals surface area contributed by atoms with Crippen LogP contribution in [-0.2, 0) is 13.0 Å². The molecule has 2 aromatic heterocycles. The van der Waals surface area contributed by atoms with E-state index in [1.54, 1.807) is 24.5 Å². The fourth-order valence-electron chi connectivity index (χ4n) is 3.22. The fourth-order valence-corrected chi connectivity index (χ4v) is 3.22. The predicted molar refractivity (Wildman–Crippen MR) is 99.7 cm³/mol. The van der Waals surface area contributed by atoms with Crippen molar-refractivity contribution >= 4 is 5.91 Å². The molecule has 1 aliphatic heterocycles. The van der Waals surface area contributed by atoms with E-state index in [-0.39, 0.29) is 11.9 Å².